The highest BCUT2D eigenvalue weighted by Crippen LogP contribution is 2.39. The molecule has 9 heteroatoms. The summed E-state index contributed by atoms with van der Waals surface area (Å²) in [6.07, 6.45) is 3.95. The van der Waals surface area contributed by atoms with E-state index >= 15 is 0 Å². The minimum absolute atomic E-state index is 0.327. The summed E-state index contributed by atoms with van der Waals surface area (Å²) in [5, 5.41) is 7.14. The number of ether oxygens (including phenoxy) is 1. The van der Waals surface area contributed by atoms with Gasteiger partial charge in [-0.25, -0.2) is 10.2 Å². The number of carbonyl (C=O) groups excluding carboxylic acids is 3. The van der Waals surface area contributed by atoms with E-state index in [1.807, 2.05) is 0 Å². The van der Waals surface area contributed by atoms with Gasteiger partial charge in [0.2, 0.25) is 0 Å². The van der Waals surface area contributed by atoms with Crippen molar-refractivity contribution >= 4 is 51.9 Å². The minimum Gasteiger partial charge on any atom is -0.465 e. The van der Waals surface area contributed by atoms with Crippen LogP contribution in [0.15, 0.2) is 29.4 Å². The first-order valence-corrected chi connectivity index (χ1v) is 9.32. The molecule has 3 rings (SSSR count). The second-order valence-corrected chi connectivity index (χ2v) is 7.30. The van der Waals surface area contributed by atoms with Gasteiger partial charge in [-0.05, 0) is 42.5 Å². The van der Waals surface area contributed by atoms with Crippen LogP contribution in [-0.4, -0.2) is 31.1 Å². The topological polar surface area (TPSA) is 96.9 Å². The van der Waals surface area contributed by atoms with E-state index in [9.17, 15) is 14.4 Å². The fraction of sp³-hybridized carbons (Fsp3) is 0.222. The molecule has 0 saturated carbocycles. The Morgan fingerprint density at radius 2 is 1.93 bits per heavy atom. The monoisotopic (exact) mass is 405 g/mol. The number of carbonyl (C=O) groups is 3. The summed E-state index contributed by atoms with van der Waals surface area (Å²) in [4.78, 5) is 37.2. The van der Waals surface area contributed by atoms with Crippen LogP contribution in [0.25, 0.3) is 0 Å². The number of benzene rings is 1. The standard InChI is InChI=1S/C18H16ClN3O4S/c1-26-18(25)14-12-3-2-4-13(12)27-17(14)21-15(23)16(24)22-20-9-10-5-7-11(19)8-6-10/h5-9H,2-4H2,1H3,(H,21,23)(H,22,24). The smallest absolute Gasteiger partial charge is 0.341 e. The molecule has 1 aliphatic rings. The number of esters is 1. The fourth-order valence-electron chi connectivity index (χ4n) is 2.74. The number of thiophene rings is 1. The number of amides is 2. The van der Waals surface area contributed by atoms with E-state index in [0.29, 0.717) is 21.2 Å². The van der Waals surface area contributed by atoms with Crippen LogP contribution >= 0.6 is 22.9 Å². The van der Waals surface area contributed by atoms with Gasteiger partial charge in [0.15, 0.2) is 0 Å². The Labute approximate surface area is 164 Å². The van der Waals surface area contributed by atoms with Crippen molar-refractivity contribution in [2.75, 3.05) is 12.4 Å². The van der Waals surface area contributed by atoms with Crippen molar-refractivity contribution in [1.82, 2.24) is 5.43 Å². The van der Waals surface area contributed by atoms with Crippen LogP contribution < -0.4 is 10.7 Å². The summed E-state index contributed by atoms with van der Waals surface area (Å²) < 4.78 is 4.81. The van der Waals surface area contributed by atoms with Crippen molar-refractivity contribution < 1.29 is 19.1 Å². The van der Waals surface area contributed by atoms with Crippen LogP contribution in [0.2, 0.25) is 5.02 Å². The highest BCUT2D eigenvalue weighted by Gasteiger charge is 2.29. The second-order valence-electron chi connectivity index (χ2n) is 5.76. The Kier molecular flexibility index (Phi) is 5.88. The van der Waals surface area contributed by atoms with Gasteiger partial charge in [0.25, 0.3) is 0 Å². The van der Waals surface area contributed by atoms with Crippen LogP contribution in [0.3, 0.4) is 0 Å². The van der Waals surface area contributed by atoms with Gasteiger partial charge in [0.1, 0.15) is 5.00 Å². The molecule has 27 heavy (non-hydrogen) atoms. The second kappa shape index (κ2) is 8.32. The van der Waals surface area contributed by atoms with E-state index in [1.54, 1.807) is 24.3 Å². The third kappa shape index (κ3) is 4.35. The van der Waals surface area contributed by atoms with E-state index < -0.39 is 17.8 Å². The number of hydrogen-bond acceptors (Lipinski definition) is 6. The molecule has 1 aromatic carbocycles. The molecule has 1 heterocycles. The predicted molar refractivity (Wildman–Crippen MR) is 104 cm³/mol. The van der Waals surface area contributed by atoms with Gasteiger partial charge in [0, 0.05) is 9.90 Å². The Morgan fingerprint density at radius 3 is 2.63 bits per heavy atom. The number of nitrogens with one attached hydrogen (secondary N) is 2. The molecular formula is C18H16ClN3O4S. The molecule has 2 N–H and O–H groups in total. The lowest BCUT2D eigenvalue weighted by Crippen LogP contribution is -2.32. The molecule has 2 amide bonds. The first-order valence-electron chi connectivity index (χ1n) is 8.12. The van der Waals surface area contributed by atoms with Crippen LogP contribution in [0, 0.1) is 0 Å². The predicted octanol–water partition coefficient (Wildman–Crippen LogP) is 2.77. The lowest BCUT2D eigenvalue weighted by atomic mass is 10.1. The quantitative estimate of drug-likeness (QED) is 0.354. The molecule has 0 atom stereocenters. The lowest BCUT2D eigenvalue weighted by Gasteiger charge is -2.06. The molecule has 0 spiro atoms. The molecule has 0 fully saturated rings. The molecule has 0 bridgehead atoms. The van der Waals surface area contributed by atoms with Crippen LogP contribution in [0.4, 0.5) is 5.00 Å². The maximum absolute atomic E-state index is 12.1. The number of methoxy groups -OCH3 is 1. The summed E-state index contributed by atoms with van der Waals surface area (Å²) in [5.74, 6) is -2.37. The number of hydrazone groups is 1. The van der Waals surface area contributed by atoms with E-state index in [1.165, 1.54) is 24.7 Å². The summed E-state index contributed by atoms with van der Waals surface area (Å²) in [6.45, 7) is 0. The largest absolute Gasteiger partial charge is 0.465 e. The number of fused-ring (bicyclic) bond motifs is 1. The van der Waals surface area contributed by atoms with E-state index in [4.69, 9.17) is 16.3 Å². The van der Waals surface area contributed by atoms with Crippen molar-refractivity contribution in [2.45, 2.75) is 19.3 Å². The maximum Gasteiger partial charge on any atom is 0.341 e. The Bertz CT molecular complexity index is 921. The average molecular weight is 406 g/mol. The van der Waals surface area contributed by atoms with Crippen molar-refractivity contribution in [2.24, 2.45) is 5.10 Å². The number of anilines is 1. The zero-order chi connectivity index (χ0) is 19.4. The van der Waals surface area contributed by atoms with Gasteiger partial charge >= 0.3 is 17.8 Å². The fourth-order valence-corrected chi connectivity index (χ4v) is 4.13. The van der Waals surface area contributed by atoms with Gasteiger partial charge in [-0.15, -0.1) is 11.3 Å². The van der Waals surface area contributed by atoms with E-state index in [2.05, 4.69) is 15.8 Å². The van der Waals surface area contributed by atoms with E-state index in [-0.39, 0.29) is 0 Å². The minimum atomic E-state index is -0.940. The number of aryl methyl sites for hydroxylation is 1. The Balaban J connectivity index is 1.66. The Hall–Kier alpha value is -2.71. The van der Waals surface area contributed by atoms with Crippen molar-refractivity contribution in [1.29, 1.82) is 0 Å². The number of hydrogen-bond donors (Lipinski definition) is 2. The first kappa shape index (κ1) is 19.1. The van der Waals surface area contributed by atoms with Gasteiger partial charge < -0.3 is 10.1 Å². The third-order valence-electron chi connectivity index (χ3n) is 3.99. The maximum atomic E-state index is 12.1. The molecular weight excluding hydrogens is 390 g/mol. The van der Waals surface area contributed by atoms with Gasteiger partial charge in [-0.1, -0.05) is 23.7 Å². The number of halogens is 1. The highest BCUT2D eigenvalue weighted by atomic mass is 35.5. The highest BCUT2D eigenvalue weighted by molar-refractivity contribution is 7.17. The zero-order valence-corrected chi connectivity index (χ0v) is 15.9. The summed E-state index contributed by atoms with van der Waals surface area (Å²) in [7, 11) is 1.28. The summed E-state index contributed by atoms with van der Waals surface area (Å²) in [6, 6.07) is 6.80. The van der Waals surface area contributed by atoms with Gasteiger partial charge in [-0.2, -0.15) is 5.10 Å². The lowest BCUT2D eigenvalue weighted by molar-refractivity contribution is -0.136. The Morgan fingerprint density at radius 1 is 1.19 bits per heavy atom. The first-order chi connectivity index (χ1) is 13.0. The molecule has 140 valence electrons. The van der Waals surface area contributed by atoms with Crippen LogP contribution in [0.5, 0.6) is 0 Å². The molecule has 7 nitrogen and oxygen atoms in total. The molecule has 0 saturated heterocycles. The van der Waals surface area contributed by atoms with Gasteiger partial charge in [-0.3, -0.25) is 9.59 Å². The van der Waals surface area contributed by atoms with Gasteiger partial charge in [0.05, 0.1) is 18.9 Å². The molecule has 2 aromatic rings. The number of nitrogens with zero attached hydrogens (tertiary/aromatic N) is 1. The summed E-state index contributed by atoms with van der Waals surface area (Å²) >= 11 is 7.08. The third-order valence-corrected chi connectivity index (χ3v) is 5.45. The summed E-state index contributed by atoms with van der Waals surface area (Å²) in [5.41, 5.74) is 4.09. The SMILES string of the molecule is COC(=O)c1c(NC(=O)C(=O)NN=Cc2ccc(Cl)cc2)sc2c1CCC2. The molecule has 0 aliphatic heterocycles. The van der Waals surface area contributed by atoms with Crippen molar-refractivity contribution in [3.8, 4) is 0 Å². The van der Waals surface area contributed by atoms with Crippen molar-refractivity contribution in [3.05, 3.63) is 50.9 Å². The van der Waals surface area contributed by atoms with Crippen molar-refractivity contribution in [3.63, 3.8) is 0 Å². The average Bonchev–Trinajstić information content (AvgIpc) is 3.23. The van der Waals surface area contributed by atoms with Crippen LogP contribution in [0.1, 0.15) is 32.8 Å². The molecule has 1 aromatic heterocycles. The van der Waals surface area contributed by atoms with E-state index in [0.717, 1.165) is 29.7 Å². The zero-order valence-electron chi connectivity index (χ0n) is 14.4. The molecule has 0 radical (unpaired) electrons. The molecule has 1 aliphatic carbocycles. The number of rotatable bonds is 4. The van der Waals surface area contributed by atoms with Crippen LogP contribution in [-0.2, 0) is 27.2 Å². The normalized spacial score (nSPS) is 12.7. The molecule has 0 unspecified atom stereocenters.